The Morgan fingerprint density at radius 3 is 2.63 bits per heavy atom. The summed E-state index contributed by atoms with van der Waals surface area (Å²) in [6.07, 6.45) is 2.60. The normalized spacial score (nSPS) is 40.7. The van der Waals surface area contributed by atoms with Crippen molar-refractivity contribution in [3.8, 4) is 0 Å². The summed E-state index contributed by atoms with van der Waals surface area (Å²) in [7, 11) is 2.00. The van der Waals surface area contributed by atoms with Gasteiger partial charge in [0.2, 0.25) is 5.91 Å². The van der Waals surface area contributed by atoms with Crippen LogP contribution in [0.15, 0.2) is 0 Å². The zero-order valence-corrected chi connectivity index (χ0v) is 20.4. The van der Waals surface area contributed by atoms with Gasteiger partial charge in [-0.3, -0.25) is 9.69 Å². The third kappa shape index (κ3) is 5.11. The molecule has 0 bridgehead atoms. The molecule has 7 nitrogen and oxygen atoms in total. The van der Waals surface area contributed by atoms with Crippen LogP contribution in [0.5, 0.6) is 0 Å². The Morgan fingerprint density at radius 2 is 2.03 bits per heavy atom. The fraction of sp³-hybridized carbons (Fsp3) is 0.952. The van der Waals surface area contributed by atoms with E-state index in [1.165, 1.54) is 11.8 Å². The second-order valence-corrected chi connectivity index (χ2v) is 10.9. The number of nitrogens with zero attached hydrogens (tertiary/aromatic N) is 1. The number of likely N-dealkylation sites (tertiary alicyclic amines) is 1. The quantitative estimate of drug-likeness (QED) is 0.559. The summed E-state index contributed by atoms with van der Waals surface area (Å²) in [6, 6.07) is -0.636. The van der Waals surface area contributed by atoms with Gasteiger partial charge in [0.1, 0.15) is 29.9 Å². The predicted molar refractivity (Wildman–Crippen MR) is 119 cm³/mol. The summed E-state index contributed by atoms with van der Waals surface area (Å²) in [5.41, 5.74) is -0.480. The highest BCUT2D eigenvalue weighted by atomic mass is 35.5. The second-order valence-electron chi connectivity index (χ2n) is 9.32. The summed E-state index contributed by atoms with van der Waals surface area (Å²) in [4.78, 5) is 15.3. The van der Waals surface area contributed by atoms with E-state index >= 15 is 0 Å². The molecule has 3 saturated heterocycles. The first-order valence-corrected chi connectivity index (χ1v) is 12.7. The molecule has 0 radical (unpaired) electrons. The molecule has 3 fully saturated rings. The SMILES string of the molecule is CCCC1CC(C(=O)NC(C(C)Cl)C2OC(SC)C(O)C3OC(C)(C)OC32)N(C)C1. The van der Waals surface area contributed by atoms with Crippen molar-refractivity contribution >= 4 is 29.3 Å². The molecule has 30 heavy (non-hydrogen) atoms. The number of amides is 1. The molecule has 0 saturated carbocycles. The minimum absolute atomic E-state index is 0.0289. The minimum atomic E-state index is -0.839. The first kappa shape index (κ1) is 24.6. The third-order valence-electron chi connectivity index (χ3n) is 6.42. The van der Waals surface area contributed by atoms with Gasteiger partial charge in [-0.2, -0.15) is 0 Å². The molecule has 0 aliphatic carbocycles. The highest BCUT2D eigenvalue weighted by molar-refractivity contribution is 7.99. The van der Waals surface area contributed by atoms with E-state index in [2.05, 4.69) is 17.1 Å². The van der Waals surface area contributed by atoms with Crippen molar-refractivity contribution in [2.24, 2.45) is 5.92 Å². The largest absolute Gasteiger partial charge is 0.387 e. The molecule has 0 aromatic rings. The lowest BCUT2D eigenvalue weighted by atomic mass is 9.92. The number of carbonyl (C=O) groups excluding carboxylic acids is 1. The Hall–Kier alpha value is -0.0900. The molecule has 9 unspecified atom stereocenters. The Labute approximate surface area is 189 Å². The lowest BCUT2D eigenvalue weighted by molar-refractivity contribution is -0.168. The first-order chi connectivity index (χ1) is 14.1. The lowest BCUT2D eigenvalue weighted by Crippen LogP contribution is -2.64. The number of hydrogen-bond donors (Lipinski definition) is 2. The molecular formula is C21H37ClN2O5S. The number of aliphatic hydroxyl groups excluding tert-OH is 1. The van der Waals surface area contributed by atoms with Gasteiger partial charge in [-0.25, -0.2) is 0 Å². The third-order valence-corrected chi connectivity index (χ3v) is 7.54. The van der Waals surface area contributed by atoms with Crippen molar-refractivity contribution in [3.63, 3.8) is 0 Å². The molecule has 1 amide bonds. The van der Waals surface area contributed by atoms with Crippen molar-refractivity contribution in [3.05, 3.63) is 0 Å². The number of thioether (sulfide) groups is 1. The molecule has 3 aliphatic heterocycles. The summed E-state index contributed by atoms with van der Waals surface area (Å²) in [5.74, 6) is -0.325. The fourth-order valence-corrected chi connectivity index (χ4v) is 5.91. The monoisotopic (exact) mass is 464 g/mol. The van der Waals surface area contributed by atoms with E-state index in [-0.39, 0.29) is 17.3 Å². The van der Waals surface area contributed by atoms with E-state index in [0.717, 1.165) is 25.8 Å². The summed E-state index contributed by atoms with van der Waals surface area (Å²) < 4.78 is 18.3. The highest BCUT2D eigenvalue weighted by Gasteiger charge is 2.57. The van der Waals surface area contributed by atoms with E-state index in [1.807, 2.05) is 34.1 Å². The topological polar surface area (TPSA) is 80.3 Å². The van der Waals surface area contributed by atoms with Gasteiger partial charge in [0.05, 0.1) is 17.5 Å². The predicted octanol–water partition coefficient (Wildman–Crippen LogP) is 2.19. The number of likely N-dealkylation sites (N-methyl/N-ethyl adjacent to an activating group) is 1. The molecule has 0 aromatic carbocycles. The number of aliphatic hydroxyl groups is 1. The van der Waals surface area contributed by atoms with Crippen LogP contribution in [-0.2, 0) is 19.0 Å². The molecule has 3 aliphatic rings. The maximum Gasteiger partial charge on any atom is 0.237 e. The van der Waals surface area contributed by atoms with Crippen LogP contribution in [0.1, 0.15) is 47.0 Å². The molecule has 3 rings (SSSR count). The Bertz CT molecular complexity index is 610. The van der Waals surface area contributed by atoms with Crippen molar-refractivity contribution in [1.29, 1.82) is 0 Å². The molecule has 9 atom stereocenters. The molecule has 174 valence electrons. The van der Waals surface area contributed by atoms with Gasteiger partial charge in [0, 0.05) is 6.54 Å². The van der Waals surface area contributed by atoms with Crippen LogP contribution in [0, 0.1) is 5.92 Å². The van der Waals surface area contributed by atoms with Crippen molar-refractivity contribution in [2.75, 3.05) is 19.8 Å². The van der Waals surface area contributed by atoms with E-state index in [4.69, 9.17) is 25.8 Å². The molecule has 9 heteroatoms. The van der Waals surface area contributed by atoms with E-state index in [0.29, 0.717) is 5.92 Å². The van der Waals surface area contributed by atoms with Crippen LogP contribution in [-0.4, -0.2) is 88.9 Å². The molecular weight excluding hydrogens is 428 g/mol. The van der Waals surface area contributed by atoms with Gasteiger partial charge in [0.15, 0.2) is 5.79 Å². The smallest absolute Gasteiger partial charge is 0.237 e. The van der Waals surface area contributed by atoms with Crippen LogP contribution in [0.2, 0.25) is 0 Å². The number of nitrogens with one attached hydrogen (secondary N) is 1. The zero-order chi connectivity index (χ0) is 22.2. The van der Waals surface area contributed by atoms with Crippen LogP contribution in [0.4, 0.5) is 0 Å². The average Bonchev–Trinajstić information content (AvgIpc) is 3.19. The molecule has 0 spiro atoms. The summed E-state index contributed by atoms with van der Waals surface area (Å²) in [6.45, 7) is 8.61. The lowest BCUT2D eigenvalue weighted by Gasteiger charge is -2.43. The maximum atomic E-state index is 13.2. The van der Waals surface area contributed by atoms with Crippen molar-refractivity contribution in [1.82, 2.24) is 10.2 Å². The number of rotatable bonds is 7. The fourth-order valence-electron chi connectivity index (χ4n) is 5.04. The number of alkyl halides is 1. The second kappa shape index (κ2) is 9.81. The van der Waals surface area contributed by atoms with Crippen molar-refractivity contribution in [2.45, 2.75) is 100 Å². The van der Waals surface area contributed by atoms with E-state index in [1.54, 1.807) is 0 Å². The number of ether oxygens (including phenoxy) is 3. The van der Waals surface area contributed by atoms with Gasteiger partial charge >= 0.3 is 0 Å². The van der Waals surface area contributed by atoms with Gasteiger partial charge < -0.3 is 24.6 Å². The average molecular weight is 465 g/mol. The van der Waals surface area contributed by atoms with Crippen molar-refractivity contribution < 1.29 is 24.1 Å². The molecule has 0 aromatic heterocycles. The Kier molecular flexibility index (Phi) is 8.03. The minimum Gasteiger partial charge on any atom is -0.387 e. The van der Waals surface area contributed by atoms with Gasteiger partial charge in [-0.15, -0.1) is 23.4 Å². The molecule has 3 heterocycles. The standard InChI is InChI=1S/C21H37ClN2O5S/c1-7-8-12-9-13(24(5)10-12)19(26)23-14(11(2)22)16-18-17(28-21(3,4)29-18)15(25)20(27-16)30-6/h11-18,20,25H,7-10H2,1-6H3,(H,23,26). The van der Waals surface area contributed by atoms with Crippen LogP contribution < -0.4 is 5.32 Å². The van der Waals surface area contributed by atoms with Crippen LogP contribution >= 0.6 is 23.4 Å². The van der Waals surface area contributed by atoms with E-state index in [9.17, 15) is 9.90 Å². The van der Waals surface area contributed by atoms with Crippen LogP contribution in [0.3, 0.4) is 0 Å². The number of carbonyl (C=O) groups is 1. The maximum absolute atomic E-state index is 13.2. The van der Waals surface area contributed by atoms with Gasteiger partial charge in [0.25, 0.3) is 0 Å². The van der Waals surface area contributed by atoms with E-state index < -0.39 is 41.7 Å². The zero-order valence-electron chi connectivity index (χ0n) is 18.8. The van der Waals surface area contributed by atoms with Gasteiger partial charge in [-0.1, -0.05) is 13.3 Å². The number of hydrogen-bond acceptors (Lipinski definition) is 7. The van der Waals surface area contributed by atoms with Crippen LogP contribution in [0.25, 0.3) is 0 Å². The highest BCUT2D eigenvalue weighted by Crippen LogP contribution is 2.41. The molecule has 2 N–H and O–H groups in total. The van der Waals surface area contributed by atoms with Gasteiger partial charge in [-0.05, 0) is 52.8 Å². The number of halogens is 1. The Balaban J connectivity index is 1.77. The summed E-state index contributed by atoms with van der Waals surface area (Å²) in [5, 5.41) is 13.5. The number of fused-ring (bicyclic) bond motifs is 1. The summed E-state index contributed by atoms with van der Waals surface area (Å²) >= 11 is 7.97. The Morgan fingerprint density at radius 1 is 1.37 bits per heavy atom. The first-order valence-electron chi connectivity index (χ1n) is 10.9.